The van der Waals surface area contributed by atoms with Crippen LogP contribution in [0.3, 0.4) is 0 Å². The van der Waals surface area contributed by atoms with Crippen molar-refractivity contribution in [1.82, 2.24) is 20.5 Å². The summed E-state index contributed by atoms with van der Waals surface area (Å²) in [5.74, 6) is 0.968. The van der Waals surface area contributed by atoms with Crippen LogP contribution in [0.5, 0.6) is 0 Å². The Balaban J connectivity index is 0.00000243. The van der Waals surface area contributed by atoms with E-state index in [0.717, 1.165) is 43.2 Å². The Bertz CT molecular complexity index is 560. The van der Waals surface area contributed by atoms with E-state index >= 15 is 0 Å². The molecule has 2 atom stereocenters. The molecule has 5 nitrogen and oxygen atoms in total. The van der Waals surface area contributed by atoms with Gasteiger partial charge in [0, 0.05) is 43.1 Å². The number of fused-ring (bicyclic) bond motifs is 2. The van der Waals surface area contributed by atoms with E-state index in [1.165, 1.54) is 37.7 Å². The smallest absolute Gasteiger partial charge is 0.191 e. The Labute approximate surface area is 175 Å². The lowest BCUT2D eigenvalue weighted by atomic mass is 9.82. The lowest BCUT2D eigenvalue weighted by Gasteiger charge is -2.47. The predicted molar refractivity (Wildman–Crippen MR) is 119 cm³/mol. The molecule has 2 fully saturated rings. The van der Waals surface area contributed by atoms with Crippen molar-refractivity contribution >= 4 is 29.9 Å². The maximum Gasteiger partial charge on any atom is 0.191 e. The van der Waals surface area contributed by atoms with Crippen molar-refractivity contribution in [3.8, 4) is 0 Å². The van der Waals surface area contributed by atoms with Gasteiger partial charge in [-0.3, -0.25) is 9.98 Å². The predicted octanol–water partition coefficient (Wildman–Crippen LogP) is 3.12. The highest BCUT2D eigenvalue weighted by Crippen LogP contribution is 2.32. The Hall–Kier alpha value is -0.890. The van der Waals surface area contributed by atoms with Crippen molar-refractivity contribution in [2.45, 2.75) is 70.5 Å². The molecular weight excluding hydrogens is 437 g/mol. The van der Waals surface area contributed by atoms with E-state index in [-0.39, 0.29) is 24.0 Å². The van der Waals surface area contributed by atoms with Gasteiger partial charge in [0.25, 0.3) is 0 Å². The van der Waals surface area contributed by atoms with Crippen molar-refractivity contribution in [3.05, 3.63) is 29.6 Å². The maximum absolute atomic E-state index is 4.79. The molecule has 0 aromatic carbocycles. The van der Waals surface area contributed by atoms with E-state index in [2.05, 4.69) is 46.6 Å². The first kappa shape index (κ1) is 21.4. The molecule has 0 saturated carbocycles. The number of nitrogens with one attached hydrogen (secondary N) is 2. The lowest BCUT2D eigenvalue weighted by molar-refractivity contribution is 0.0526. The third kappa shape index (κ3) is 5.81. The quantitative estimate of drug-likeness (QED) is 0.394. The summed E-state index contributed by atoms with van der Waals surface area (Å²) in [7, 11) is 2.31. The molecule has 3 rings (SSSR count). The standard InChI is InChI=1S/C20H33N5.HI/c1-4-21-20(22-11-10-16-9-8-15(2)23-14-16)24-17-12-18-6-5-7-19(13-17)25(18)3;/h8-9,14,17-19H,4-7,10-13H2,1-3H3,(H2,21,22,24);1H. The number of hydrogen-bond donors (Lipinski definition) is 2. The molecule has 0 aliphatic carbocycles. The largest absolute Gasteiger partial charge is 0.357 e. The van der Waals surface area contributed by atoms with Crippen LogP contribution in [0.25, 0.3) is 0 Å². The molecule has 2 aliphatic rings. The number of nitrogens with zero attached hydrogens (tertiary/aromatic N) is 3. The second kappa shape index (κ2) is 10.4. The Morgan fingerprint density at radius 3 is 2.62 bits per heavy atom. The fourth-order valence-electron chi connectivity index (χ4n) is 4.19. The number of piperidine rings is 2. The van der Waals surface area contributed by atoms with Crippen molar-refractivity contribution in [2.24, 2.45) is 4.99 Å². The maximum atomic E-state index is 4.79. The summed E-state index contributed by atoms with van der Waals surface area (Å²) >= 11 is 0. The highest BCUT2D eigenvalue weighted by Gasteiger charge is 2.36. The van der Waals surface area contributed by atoms with Crippen LogP contribution in [-0.2, 0) is 6.42 Å². The Kier molecular flexibility index (Phi) is 8.60. The van der Waals surface area contributed by atoms with Crippen LogP contribution in [-0.4, -0.2) is 54.1 Å². The molecule has 2 unspecified atom stereocenters. The molecule has 0 amide bonds. The number of pyridine rings is 1. The van der Waals surface area contributed by atoms with Gasteiger partial charge in [0.1, 0.15) is 0 Å². The third-order valence-corrected chi connectivity index (χ3v) is 5.67. The van der Waals surface area contributed by atoms with Gasteiger partial charge in [0.15, 0.2) is 5.96 Å². The zero-order chi connectivity index (χ0) is 17.6. The minimum absolute atomic E-state index is 0. The molecule has 26 heavy (non-hydrogen) atoms. The summed E-state index contributed by atoms with van der Waals surface area (Å²) in [5.41, 5.74) is 2.31. The normalized spacial score (nSPS) is 26.1. The van der Waals surface area contributed by atoms with Gasteiger partial charge in [-0.1, -0.05) is 12.5 Å². The molecule has 0 spiro atoms. The minimum Gasteiger partial charge on any atom is -0.357 e. The first-order valence-electron chi connectivity index (χ1n) is 9.84. The average molecular weight is 471 g/mol. The first-order chi connectivity index (χ1) is 12.2. The second-order valence-electron chi connectivity index (χ2n) is 7.54. The molecule has 1 aromatic rings. The molecule has 0 radical (unpaired) electrons. The number of rotatable bonds is 5. The van der Waals surface area contributed by atoms with Crippen molar-refractivity contribution in [3.63, 3.8) is 0 Å². The molecule has 2 aliphatic heterocycles. The minimum atomic E-state index is 0. The van der Waals surface area contributed by atoms with Crippen LogP contribution >= 0.6 is 24.0 Å². The van der Waals surface area contributed by atoms with Gasteiger partial charge in [-0.15, -0.1) is 24.0 Å². The first-order valence-corrected chi connectivity index (χ1v) is 9.84. The van der Waals surface area contributed by atoms with E-state index in [9.17, 15) is 0 Å². The summed E-state index contributed by atoms with van der Waals surface area (Å²) in [6.45, 7) is 5.84. The molecular formula is C20H34IN5. The van der Waals surface area contributed by atoms with Crippen LogP contribution in [0.1, 0.15) is 50.3 Å². The van der Waals surface area contributed by atoms with E-state index in [0.29, 0.717) is 6.04 Å². The van der Waals surface area contributed by atoms with Gasteiger partial charge in [0.05, 0.1) is 0 Å². The van der Waals surface area contributed by atoms with Gasteiger partial charge < -0.3 is 15.5 Å². The number of halogens is 1. The fraction of sp³-hybridized carbons (Fsp3) is 0.700. The van der Waals surface area contributed by atoms with E-state index in [1.54, 1.807) is 0 Å². The third-order valence-electron chi connectivity index (χ3n) is 5.67. The summed E-state index contributed by atoms with van der Waals surface area (Å²) in [6.07, 6.45) is 9.45. The molecule has 1 aromatic heterocycles. The topological polar surface area (TPSA) is 52.6 Å². The van der Waals surface area contributed by atoms with Crippen LogP contribution < -0.4 is 10.6 Å². The molecule has 3 heterocycles. The van der Waals surface area contributed by atoms with Crippen molar-refractivity contribution in [2.75, 3.05) is 20.1 Å². The van der Waals surface area contributed by atoms with E-state index in [4.69, 9.17) is 4.99 Å². The summed E-state index contributed by atoms with van der Waals surface area (Å²) in [5, 5.41) is 7.11. The van der Waals surface area contributed by atoms with Crippen LogP contribution in [0.15, 0.2) is 23.3 Å². The van der Waals surface area contributed by atoms with Crippen molar-refractivity contribution < 1.29 is 0 Å². The van der Waals surface area contributed by atoms with Crippen LogP contribution in [0.2, 0.25) is 0 Å². The summed E-state index contributed by atoms with van der Waals surface area (Å²) in [6, 6.07) is 6.25. The monoisotopic (exact) mass is 471 g/mol. The molecule has 2 saturated heterocycles. The second-order valence-corrected chi connectivity index (χ2v) is 7.54. The van der Waals surface area contributed by atoms with E-state index < -0.39 is 0 Å². The molecule has 2 bridgehead atoms. The van der Waals surface area contributed by atoms with Gasteiger partial charge in [-0.2, -0.15) is 0 Å². The SMILES string of the molecule is CCNC(=NCCc1ccc(C)nc1)NC1CC2CCCC(C1)N2C.I. The number of hydrogen-bond acceptors (Lipinski definition) is 3. The molecule has 2 N–H and O–H groups in total. The summed E-state index contributed by atoms with van der Waals surface area (Å²) < 4.78 is 0. The Morgan fingerprint density at radius 2 is 2.00 bits per heavy atom. The Morgan fingerprint density at radius 1 is 1.27 bits per heavy atom. The highest BCUT2D eigenvalue weighted by atomic mass is 127. The number of aryl methyl sites for hydroxylation is 1. The average Bonchev–Trinajstić information content (AvgIpc) is 2.58. The zero-order valence-corrected chi connectivity index (χ0v) is 18.7. The number of guanidine groups is 1. The van der Waals surface area contributed by atoms with Gasteiger partial charge in [-0.05, 0) is 64.6 Å². The lowest BCUT2D eigenvalue weighted by Crippen LogP contribution is -2.56. The summed E-state index contributed by atoms with van der Waals surface area (Å²) in [4.78, 5) is 11.8. The van der Waals surface area contributed by atoms with Gasteiger partial charge >= 0.3 is 0 Å². The fourth-order valence-corrected chi connectivity index (χ4v) is 4.19. The highest BCUT2D eigenvalue weighted by molar-refractivity contribution is 14.0. The van der Waals surface area contributed by atoms with Gasteiger partial charge in [-0.25, -0.2) is 0 Å². The van der Waals surface area contributed by atoms with Gasteiger partial charge in [0.2, 0.25) is 0 Å². The number of aromatic nitrogens is 1. The van der Waals surface area contributed by atoms with Crippen LogP contribution in [0, 0.1) is 6.92 Å². The van der Waals surface area contributed by atoms with E-state index in [1.807, 2.05) is 13.1 Å². The molecule has 6 heteroatoms. The van der Waals surface area contributed by atoms with Crippen molar-refractivity contribution in [1.29, 1.82) is 0 Å². The number of aliphatic imine (C=N–C) groups is 1. The molecule has 146 valence electrons. The zero-order valence-electron chi connectivity index (χ0n) is 16.4. The van der Waals surface area contributed by atoms with Crippen LogP contribution in [0.4, 0.5) is 0 Å².